The number of amides is 2. The molecule has 13 heavy (non-hydrogen) atoms. The molecule has 1 fully saturated rings. The van der Waals surface area contributed by atoms with Gasteiger partial charge in [-0.25, -0.2) is 4.79 Å². The first kappa shape index (κ1) is 9.83. The van der Waals surface area contributed by atoms with Crippen LogP contribution in [-0.2, 0) is 4.79 Å². The summed E-state index contributed by atoms with van der Waals surface area (Å²) < 4.78 is 0. The third-order valence-corrected chi connectivity index (χ3v) is 2.53. The summed E-state index contributed by atoms with van der Waals surface area (Å²) in [5.41, 5.74) is 5.12. The lowest BCUT2D eigenvalue weighted by atomic mass is 9.93. The molecule has 0 radical (unpaired) electrons. The molecule has 0 unspecified atom stereocenters. The van der Waals surface area contributed by atoms with Crippen molar-refractivity contribution in [3.63, 3.8) is 0 Å². The average Bonchev–Trinajstić information content (AvgIpc) is 2.04. The maximum absolute atomic E-state index is 10.8. The van der Waals surface area contributed by atoms with Gasteiger partial charge in [0.1, 0.15) is 0 Å². The second kappa shape index (κ2) is 3.64. The molecule has 1 aliphatic rings. The fourth-order valence-corrected chi connectivity index (χ4v) is 1.61. The van der Waals surface area contributed by atoms with Crippen molar-refractivity contribution in [3.8, 4) is 0 Å². The minimum atomic E-state index is -0.974. The number of likely N-dealkylation sites (tertiary alicyclic amines) is 1. The van der Waals surface area contributed by atoms with Gasteiger partial charge in [-0.15, -0.1) is 0 Å². The first-order chi connectivity index (χ1) is 6.02. The molecule has 0 aromatic heterocycles. The zero-order valence-electron chi connectivity index (χ0n) is 7.56. The summed E-state index contributed by atoms with van der Waals surface area (Å²) in [6.07, 6.45) is 0.429. The second-order valence-electron chi connectivity index (χ2n) is 3.46. The Balaban J connectivity index is 2.63. The molecule has 5 heteroatoms. The van der Waals surface area contributed by atoms with Crippen molar-refractivity contribution in [1.29, 1.82) is 0 Å². The molecule has 1 aliphatic heterocycles. The largest absolute Gasteiger partial charge is 0.465 e. The van der Waals surface area contributed by atoms with Crippen LogP contribution >= 0.6 is 0 Å². The number of piperidine rings is 1. The summed E-state index contributed by atoms with van der Waals surface area (Å²) in [5, 5.41) is 8.78. The van der Waals surface area contributed by atoms with Gasteiger partial charge in [-0.05, 0) is 19.8 Å². The molecule has 2 atom stereocenters. The highest BCUT2D eigenvalue weighted by atomic mass is 16.4. The van der Waals surface area contributed by atoms with Gasteiger partial charge in [-0.1, -0.05) is 0 Å². The lowest BCUT2D eigenvalue weighted by Crippen LogP contribution is -2.48. The molecule has 5 nitrogen and oxygen atoms in total. The van der Waals surface area contributed by atoms with Crippen molar-refractivity contribution in [1.82, 2.24) is 4.90 Å². The molecule has 0 aliphatic carbocycles. The Labute approximate surface area is 76.5 Å². The quantitative estimate of drug-likeness (QED) is 0.615. The lowest BCUT2D eigenvalue weighted by molar-refractivity contribution is -0.123. The third-order valence-electron chi connectivity index (χ3n) is 2.53. The van der Waals surface area contributed by atoms with Crippen molar-refractivity contribution in [2.24, 2.45) is 11.7 Å². The van der Waals surface area contributed by atoms with E-state index in [4.69, 9.17) is 10.8 Å². The van der Waals surface area contributed by atoms with E-state index in [0.29, 0.717) is 12.8 Å². The normalized spacial score (nSPS) is 28.5. The van der Waals surface area contributed by atoms with E-state index in [1.165, 1.54) is 4.90 Å². The fraction of sp³-hybridized carbons (Fsp3) is 0.750. The highest BCUT2D eigenvalue weighted by Crippen LogP contribution is 2.21. The summed E-state index contributed by atoms with van der Waals surface area (Å²) in [7, 11) is 0. The van der Waals surface area contributed by atoms with Gasteiger partial charge in [0.15, 0.2) is 0 Å². The summed E-state index contributed by atoms with van der Waals surface area (Å²) in [6.45, 7) is 2.08. The molecule has 1 rings (SSSR count). The van der Waals surface area contributed by atoms with Crippen LogP contribution in [0, 0.1) is 5.92 Å². The molecular formula is C8H14N2O3. The van der Waals surface area contributed by atoms with Crippen LogP contribution in [0.2, 0.25) is 0 Å². The van der Waals surface area contributed by atoms with Crippen LogP contribution in [-0.4, -0.2) is 34.6 Å². The fourth-order valence-electron chi connectivity index (χ4n) is 1.61. The number of primary amides is 1. The van der Waals surface area contributed by atoms with E-state index in [1.807, 2.05) is 6.92 Å². The summed E-state index contributed by atoms with van der Waals surface area (Å²) in [5.74, 6) is -0.717. The number of nitrogens with two attached hydrogens (primary N) is 1. The van der Waals surface area contributed by atoms with Gasteiger partial charge in [-0.3, -0.25) is 4.79 Å². The average molecular weight is 186 g/mol. The smallest absolute Gasteiger partial charge is 0.407 e. The maximum Gasteiger partial charge on any atom is 0.407 e. The van der Waals surface area contributed by atoms with Crippen LogP contribution in [0.25, 0.3) is 0 Å². The highest BCUT2D eigenvalue weighted by molar-refractivity contribution is 5.78. The van der Waals surface area contributed by atoms with Gasteiger partial charge in [0, 0.05) is 12.6 Å². The van der Waals surface area contributed by atoms with E-state index in [1.54, 1.807) is 0 Å². The van der Waals surface area contributed by atoms with Crippen molar-refractivity contribution in [2.45, 2.75) is 25.8 Å². The molecule has 3 N–H and O–H groups in total. The standard InChI is InChI=1S/C8H14N2O3/c1-5-2-3-6(7(9)11)4-10(5)8(12)13/h5-6H,2-4H2,1H3,(H2,9,11)(H,12,13)/t5-,6+/m0/s1. The maximum atomic E-state index is 10.8. The van der Waals surface area contributed by atoms with Crippen LogP contribution in [0.15, 0.2) is 0 Å². The van der Waals surface area contributed by atoms with Gasteiger partial charge >= 0.3 is 6.09 Å². The Morgan fingerprint density at radius 1 is 1.46 bits per heavy atom. The highest BCUT2D eigenvalue weighted by Gasteiger charge is 2.31. The Morgan fingerprint density at radius 2 is 2.08 bits per heavy atom. The summed E-state index contributed by atoms with van der Waals surface area (Å²) >= 11 is 0. The molecular weight excluding hydrogens is 172 g/mol. The van der Waals surface area contributed by atoms with Crippen molar-refractivity contribution in [3.05, 3.63) is 0 Å². The number of carboxylic acid groups (broad SMARTS) is 1. The Bertz CT molecular complexity index is 229. The molecule has 1 saturated heterocycles. The van der Waals surface area contributed by atoms with Gasteiger partial charge in [0.25, 0.3) is 0 Å². The van der Waals surface area contributed by atoms with E-state index in [2.05, 4.69) is 0 Å². The minimum Gasteiger partial charge on any atom is -0.465 e. The summed E-state index contributed by atoms with van der Waals surface area (Å²) in [6, 6.07) is -0.00639. The first-order valence-electron chi connectivity index (χ1n) is 4.31. The van der Waals surface area contributed by atoms with Gasteiger partial charge in [0.05, 0.1) is 5.92 Å². The monoisotopic (exact) mass is 186 g/mol. The molecule has 0 aromatic carbocycles. The molecule has 0 spiro atoms. The van der Waals surface area contributed by atoms with Crippen molar-refractivity contribution >= 4 is 12.0 Å². The molecule has 0 aromatic rings. The zero-order valence-corrected chi connectivity index (χ0v) is 7.56. The molecule has 2 amide bonds. The van der Waals surface area contributed by atoms with E-state index < -0.39 is 12.0 Å². The number of rotatable bonds is 1. The second-order valence-corrected chi connectivity index (χ2v) is 3.46. The van der Waals surface area contributed by atoms with E-state index in [9.17, 15) is 9.59 Å². The Kier molecular flexibility index (Phi) is 2.75. The summed E-state index contributed by atoms with van der Waals surface area (Å²) in [4.78, 5) is 22.8. The molecule has 1 heterocycles. The number of carbonyl (C=O) groups is 2. The number of nitrogens with zero attached hydrogens (tertiary/aromatic N) is 1. The predicted octanol–water partition coefficient (Wildman–Crippen LogP) is 0.250. The Morgan fingerprint density at radius 3 is 2.54 bits per heavy atom. The molecule has 0 saturated carbocycles. The number of hydrogen-bond acceptors (Lipinski definition) is 2. The van der Waals surface area contributed by atoms with E-state index >= 15 is 0 Å². The van der Waals surface area contributed by atoms with E-state index in [0.717, 1.165) is 0 Å². The van der Waals surface area contributed by atoms with Crippen LogP contribution < -0.4 is 5.73 Å². The molecule has 74 valence electrons. The Hall–Kier alpha value is -1.26. The van der Waals surface area contributed by atoms with Crippen LogP contribution in [0.1, 0.15) is 19.8 Å². The van der Waals surface area contributed by atoms with Gasteiger partial charge in [0.2, 0.25) is 5.91 Å². The topological polar surface area (TPSA) is 83.6 Å². The van der Waals surface area contributed by atoms with Crippen molar-refractivity contribution < 1.29 is 14.7 Å². The van der Waals surface area contributed by atoms with Crippen LogP contribution in [0.4, 0.5) is 4.79 Å². The van der Waals surface area contributed by atoms with Crippen LogP contribution in [0.5, 0.6) is 0 Å². The van der Waals surface area contributed by atoms with Gasteiger partial charge < -0.3 is 15.7 Å². The third kappa shape index (κ3) is 2.11. The first-order valence-corrected chi connectivity index (χ1v) is 4.31. The molecule has 0 bridgehead atoms. The van der Waals surface area contributed by atoms with Gasteiger partial charge in [-0.2, -0.15) is 0 Å². The number of carbonyl (C=O) groups excluding carboxylic acids is 1. The lowest BCUT2D eigenvalue weighted by Gasteiger charge is -2.34. The zero-order chi connectivity index (χ0) is 10.0. The SMILES string of the molecule is C[C@H]1CC[C@@H](C(N)=O)CN1C(=O)O. The van der Waals surface area contributed by atoms with Crippen molar-refractivity contribution in [2.75, 3.05) is 6.54 Å². The van der Waals surface area contributed by atoms with Crippen LogP contribution in [0.3, 0.4) is 0 Å². The predicted molar refractivity (Wildman–Crippen MR) is 46.1 cm³/mol. The minimum absolute atomic E-state index is 0.00639. The van der Waals surface area contributed by atoms with E-state index in [-0.39, 0.29) is 18.5 Å². The number of hydrogen-bond donors (Lipinski definition) is 2.